The van der Waals surface area contributed by atoms with Gasteiger partial charge >= 0.3 is 0 Å². The minimum Gasteiger partial charge on any atom is -0.488 e. The number of ether oxygens (including phenoxy) is 2. The molecule has 4 heteroatoms. The first-order chi connectivity index (χ1) is 12.7. The number of epoxide rings is 1. The van der Waals surface area contributed by atoms with E-state index < -0.39 is 6.10 Å². The summed E-state index contributed by atoms with van der Waals surface area (Å²) in [6.45, 7) is 0.423. The molecule has 1 fully saturated rings. The van der Waals surface area contributed by atoms with E-state index in [4.69, 9.17) is 9.47 Å². The fourth-order valence-electron chi connectivity index (χ4n) is 2.90. The molecule has 0 aromatic heterocycles. The summed E-state index contributed by atoms with van der Waals surface area (Å²) in [5, 5.41) is 0. The lowest BCUT2D eigenvalue weighted by atomic mass is 10.0. The molecular formula is C22H17BrO3. The van der Waals surface area contributed by atoms with Crippen LogP contribution in [0.25, 0.3) is 0 Å². The number of hydrogen-bond donors (Lipinski definition) is 0. The minimum absolute atomic E-state index is 0.0402. The van der Waals surface area contributed by atoms with Crippen LogP contribution in [0.5, 0.6) is 5.75 Å². The summed E-state index contributed by atoms with van der Waals surface area (Å²) in [5.74, 6) is 0.549. The molecule has 4 rings (SSSR count). The fraction of sp³-hybridized carbons (Fsp3) is 0.136. The lowest BCUT2D eigenvalue weighted by molar-refractivity contribution is 0.0949. The third kappa shape index (κ3) is 3.71. The van der Waals surface area contributed by atoms with Gasteiger partial charge in [0.1, 0.15) is 18.5 Å². The molecule has 0 aliphatic carbocycles. The summed E-state index contributed by atoms with van der Waals surface area (Å²) < 4.78 is 12.6. The van der Waals surface area contributed by atoms with Crippen molar-refractivity contribution in [3.63, 3.8) is 0 Å². The van der Waals surface area contributed by atoms with E-state index in [0.29, 0.717) is 17.9 Å². The van der Waals surface area contributed by atoms with E-state index in [-0.39, 0.29) is 11.9 Å². The van der Waals surface area contributed by atoms with Crippen LogP contribution in [0.4, 0.5) is 0 Å². The van der Waals surface area contributed by atoms with Crippen LogP contribution in [0.1, 0.15) is 27.6 Å². The van der Waals surface area contributed by atoms with Crippen LogP contribution in [0.15, 0.2) is 83.3 Å². The van der Waals surface area contributed by atoms with Crippen LogP contribution in [0.3, 0.4) is 0 Å². The normalized spacial score (nSPS) is 18.3. The predicted molar refractivity (Wildman–Crippen MR) is 103 cm³/mol. The van der Waals surface area contributed by atoms with Crippen molar-refractivity contribution in [2.45, 2.75) is 18.8 Å². The summed E-state index contributed by atoms with van der Waals surface area (Å²) in [7, 11) is 0. The van der Waals surface area contributed by atoms with E-state index in [0.717, 1.165) is 15.6 Å². The van der Waals surface area contributed by atoms with E-state index in [1.54, 1.807) is 6.07 Å². The molecule has 3 nitrogen and oxygen atoms in total. The zero-order chi connectivity index (χ0) is 17.9. The maximum Gasteiger partial charge on any atom is 0.198 e. The van der Waals surface area contributed by atoms with Gasteiger partial charge in [-0.2, -0.15) is 0 Å². The fourth-order valence-corrected chi connectivity index (χ4v) is 3.17. The van der Waals surface area contributed by atoms with Gasteiger partial charge < -0.3 is 9.47 Å². The highest BCUT2D eigenvalue weighted by Crippen LogP contribution is 2.42. The SMILES string of the molecule is O=C(c1ccccc1OCc1ccccc1)C1OC1c1ccc(Br)cc1. The van der Waals surface area contributed by atoms with Gasteiger partial charge in [0.25, 0.3) is 0 Å². The molecule has 2 atom stereocenters. The van der Waals surface area contributed by atoms with E-state index in [9.17, 15) is 4.79 Å². The van der Waals surface area contributed by atoms with Crippen molar-refractivity contribution < 1.29 is 14.3 Å². The molecule has 3 aromatic rings. The Morgan fingerprint density at radius 3 is 2.38 bits per heavy atom. The van der Waals surface area contributed by atoms with Crippen molar-refractivity contribution in [2.24, 2.45) is 0 Å². The maximum absolute atomic E-state index is 12.9. The van der Waals surface area contributed by atoms with Gasteiger partial charge in [0.15, 0.2) is 11.9 Å². The quantitative estimate of drug-likeness (QED) is 0.407. The van der Waals surface area contributed by atoms with Gasteiger partial charge in [-0.1, -0.05) is 70.5 Å². The van der Waals surface area contributed by atoms with Crippen LogP contribution in [-0.4, -0.2) is 11.9 Å². The molecule has 0 saturated carbocycles. The average Bonchev–Trinajstić information content (AvgIpc) is 3.48. The lowest BCUT2D eigenvalue weighted by Gasteiger charge is -2.10. The Labute approximate surface area is 160 Å². The molecule has 0 N–H and O–H groups in total. The minimum atomic E-state index is -0.447. The Balaban J connectivity index is 1.48. The lowest BCUT2D eigenvalue weighted by Crippen LogP contribution is -2.10. The van der Waals surface area contributed by atoms with Crippen molar-refractivity contribution in [2.75, 3.05) is 0 Å². The molecule has 1 aliphatic heterocycles. The second-order valence-corrected chi connectivity index (χ2v) is 7.08. The number of hydrogen-bond acceptors (Lipinski definition) is 3. The van der Waals surface area contributed by atoms with Gasteiger partial charge in [-0.25, -0.2) is 0 Å². The zero-order valence-electron chi connectivity index (χ0n) is 14.0. The first-order valence-electron chi connectivity index (χ1n) is 8.43. The van der Waals surface area contributed by atoms with Crippen LogP contribution in [0, 0.1) is 0 Å². The summed E-state index contributed by atoms with van der Waals surface area (Å²) in [5.41, 5.74) is 2.63. The molecule has 26 heavy (non-hydrogen) atoms. The molecule has 2 unspecified atom stereocenters. The Morgan fingerprint density at radius 1 is 0.923 bits per heavy atom. The summed E-state index contributed by atoms with van der Waals surface area (Å²) in [4.78, 5) is 12.9. The predicted octanol–water partition coefficient (Wildman–Crippen LogP) is 5.35. The molecule has 0 amide bonds. The van der Waals surface area contributed by atoms with Gasteiger partial charge in [0.05, 0.1) is 5.56 Å². The largest absolute Gasteiger partial charge is 0.488 e. The Bertz CT molecular complexity index is 906. The number of carbonyl (C=O) groups is 1. The molecule has 1 heterocycles. The number of ketones is 1. The van der Waals surface area contributed by atoms with E-state index in [1.165, 1.54) is 0 Å². The monoisotopic (exact) mass is 408 g/mol. The molecule has 0 radical (unpaired) electrons. The molecule has 3 aromatic carbocycles. The second-order valence-electron chi connectivity index (χ2n) is 6.16. The molecule has 0 bridgehead atoms. The van der Waals surface area contributed by atoms with Crippen LogP contribution >= 0.6 is 15.9 Å². The summed E-state index contributed by atoms with van der Waals surface area (Å²) in [6.07, 6.45) is -0.629. The topological polar surface area (TPSA) is 38.8 Å². The molecule has 130 valence electrons. The van der Waals surface area contributed by atoms with Gasteiger partial charge in [0, 0.05) is 4.47 Å². The highest BCUT2D eigenvalue weighted by atomic mass is 79.9. The Kier molecular flexibility index (Phi) is 4.87. The number of Topliss-reactive ketones (excluding diaryl/α,β-unsaturated/α-hetero) is 1. The van der Waals surface area contributed by atoms with Gasteiger partial charge in [-0.05, 0) is 35.4 Å². The Morgan fingerprint density at radius 2 is 1.62 bits per heavy atom. The Hall–Kier alpha value is -2.43. The average molecular weight is 409 g/mol. The van der Waals surface area contributed by atoms with E-state index in [2.05, 4.69) is 15.9 Å². The second kappa shape index (κ2) is 7.44. The highest BCUT2D eigenvalue weighted by molar-refractivity contribution is 9.10. The third-order valence-corrected chi connectivity index (χ3v) is 4.87. The molecule has 1 aliphatic rings. The number of rotatable bonds is 6. The first kappa shape index (κ1) is 17.0. The summed E-state index contributed by atoms with van der Waals surface area (Å²) in [6, 6.07) is 25.1. The van der Waals surface area contributed by atoms with Crippen molar-refractivity contribution >= 4 is 21.7 Å². The molecule has 0 spiro atoms. The third-order valence-electron chi connectivity index (χ3n) is 4.34. The van der Waals surface area contributed by atoms with Gasteiger partial charge in [-0.15, -0.1) is 0 Å². The number of para-hydroxylation sites is 1. The van der Waals surface area contributed by atoms with Crippen molar-refractivity contribution in [1.82, 2.24) is 0 Å². The maximum atomic E-state index is 12.9. The van der Waals surface area contributed by atoms with Crippen LogP contribution in [0.2, 0.25) is 0 Å². The van der Waals surface area contributed by atoms with Gasteiger partial charge in [-0.3, -0.25) is 4.79 Å². The smallest absolute Gasteiger partial charge is 0.198 e. The number of carbonyl (C=O) groups excluding carboxylic acids is 1. The molecular weight excluding hydrogens is 392 g/mol. The van der Waals surface area contributed by atoms with E-state index in [1.807, 2.05) is 72.8 Å². The van der Waals surface area contributed by atoms with Crippen molar-refractivity contribution in [1.29, 1.82) is 0 Å². The standard InChI is InChI=1S/C22H17BrO3/c23-17-12-10-16(11-13-17)21-22(26-21)20(24)18-8-4-5-9-19(18)25-14-15-6-2-1-3-7-15/h1-13,21-22H,14H2. The van der Waals surface area contributed by atoms with Crippen molar-refractivity contribution in [3.05, 3.63) is 100 Å². The highest BCUT2D eigenvalue weighted by Gasteiger charge is 2.46. The number of halogens is 1. The first-order valence-corrected chi connectivity index (χ1v) is 9.22. The van der Waals surface area contributed by atoms with Crippen LogP contribution < -0.4 is 4.74 Å². The van der Waals surface area contributed by atoms with E-state index >= 15 is 0 Å². The van der Waals surface area contributed by atoms with Crippen LogP contribution in [-0.2, 0) is 11.3 Å². The van der Waals surface area contributed by atoms with Gasteiger partial charge in [0.2, 0.25) is 0 Å². The number of benzene rings is 3. The zero-order valence-corrected chi connectivity index (χ0v) is 15.6. The molecule has 1 saturated heterocycles. The van der Waals surface area contributed by atoms with Crippen molar-refractivity contribution in [3.8, 4) is 5.75 Å². The summed E-state index contributed by atoms with van der Waals surface area (Å²) >= 11 is 3.42.